The van der Waals surface area contributed by atoms with Crippen LogP contribution >= 0.6 is 11.6 Å². The van der Waals surface area contributed by atoms with E-state index in [9.17, 15) is 4.79 Å². The number of nitrogens with zero attached hydrogens (tertiary/aromatic N) is 1. The average Bonchev–Trinajstić information content (AvgIpc) is 2.56. The molecule has 0 aliphatic carbocycles. The smallest absolute Gasteiger partial charge is 0.328 e. The maximum absolute atomic E-state index is 11.5. The Balaban J connectivity index is 2.37. The van der Waals surface area contributed by atoms with E-state index in [1.165, 1.54) is 7.11 Å². The molecule has 0 spiro atoms. The van der Waals surface area contributed by atoms with Gasteiger partial charge in [-0.05, 0) is 11.6 Å². The molecule has 0 amide bonds. The molecule has 1 heterocycles. The Hall–Kier alpha value is -1.22. The highest BCUT2D eigenvalue weighted by Crippen LogP contribution is 2.37. The lowest BCUT2D eigenvalue weighted by Crippen LogP contribution is -2.36. The molecule has 80 valence electrons. The molecule has 0 fully saturated rings. The molecular formula is C11H12ClNO2. The van der Waals surface area contributed by atoms with Crippen LogP contribution in [0.5, 0.6) is 0 Å². The van der Waals surface area contributed by atoms with Crippen LogP contribution in [0.4, 0.5) is 5.69 Å². The number of ether oxygens (including phenoxy) is 1. The molecular weight excluding hydrogens is 214 g/mol. The number of esters is 1. The van der Waals surface area contributed by atoms with E-state index in [0.29, 0.717) is 11.4 Å². The number of anilines is 1. The van der Waals surface area contributed by atoms with Gasteiger partial charge in [0.05, 0.1) is 17.8 Å². The minimum Gasteiger partial charge on any atom is -0.467 e. The average molecular weight is 226 g/mol. The van der Waals surface area contributed by atoms with E-state index in [1.807, 2.05) is 30.1 Å². The second-order valence-electron chi connectivity index (χ2n) is 3.60. The van der Waals surface area contributed by atoms with E-state index in [1.54, 1.807) is 0 Å². The van der Waals surface area contributed by atoms with Crippen molar-refractivity contribution in [1.82, 2.24) is 0 Å². The first kappa shape index (κ1) is 10.3. The van der Waals surface area contributed by atoms with Crippen molar-refractivity contribution in [1.29, 1.82) is 0 Å². The minimum absolute atomic E-state index is 0.218. The normalized spacial score (nSPS) is 18.9. The van der Waals surface area contributed by atoms with Crippen LogP contribution in [0.15, 0.2) is 18.2 Å². The Morgan fingerprint density at radius 3 is 2.93 bits per heavy atom. The highest BCUT2D eigenvalue weighted by molar-refractivity contribution is 6.33. The summed E-state index contributed by atoms with van der Waals surface area (Å²) in [5.74, 6) is -0.218. The van der Waals surface area contributed by atoms with Crippen LogP contribution < -0.4 is 4.90 Å². The van der Waals surface area contributed by atoms with E-state index in [4.69, 9.17) is 16.3 Å². The lowest BCUT2D eigenvalue weighted by Gasteiger charge is -2.20. The van der Waals surface area contributed by atoms with Gasteiger partial charge in [0.15, 0.2) is 0 Å². The number of fused-ring (bicyclic) bond motifs is 1. The monoisotopic (exact) mass is 225 g/mol. The van der Waals surface area contributed by atoms with Crippen molar-refractivity contribution < 1.29 is 9.53 Å². The predicted octanol–water partition coefficient (Wildman–Crippen LogP) is 1.87. The van der Waals surface area contributed by atoms with E-state index in [2.05, 4.69) is 0 Å². The van der Waals surface area contributed by atoms with Gasteiger partial charge in [0.1, 0.15) is 6.04 Å². The molecule has 1 unspecified atom stereocenters. The number of benzene rings is 1. The van der Waals surface area contributed by atoms with Crippen molar-refractivity contribution in [3.05, 3.63) is 28.8 Å². The van der Waals surface area contributed by atoms with E-state index in [0.717, 1.165) is 11.3 Å². The molecule has 0 N–H and O–H groups in total. The fourth-order valence-corrected chi connectivity index (χ4v) is 2.33. The number of rotatable bonds is 1. The van der Waals surface area contributed by atoms with Gasteiger partial charge in [0, 0.05) is 13.5 Å². The zero-order chi connectivity index (χ0) is 11.0. The van der Waals surface area contributed by atoms with Gasteiger partial charge in [0.25, 0.3) is 0 Å². The molecule has 0 radical (unpaired) electrons. The standard InChI is InChI=1S/C11H12ClNO2/c1-13-9(11(14)15-2)6-7-4-3-5-8(12)10(7)13/h3-5,9H,6H2,1-2H3. The molecule has 1 aromatic carbocycles. The quantitative estimate of drug-likeness (QED) is 0.684. The predicted molar refractivity (Wildman–Crippen MR) is 59.4 cm³/mol. The first-order chi connectivity index (χ1) is 7.15. The molecule has 1 atom stereocenters. The third kappa shape index (κ3) is 1.57. The molecule has 1 aliphatic rings. The Bertz CT molecular complexity index is 406. The number of carbonyl (C=O) groups is 1. The summed E-state index contributed by atoms with van der Waals surface area (Å²) in [6, 6.07) is 5.47. The van der Waals surface area contributed by atoms with Gasteiger partial charge >= 0.3 is 5.97 Å². The highest BCUT2D eigenvalue weighted by atomic mass is 35.5. The number of halogens is 1. The second-order valence-corrected chi connectivity index (χ2v) is 4.01. The topological polar surface area (TPSA) is 29.5 Å². The Kier molecular flexibility index (Phi) is 2.57. The van der Waals surface area contributed by atoms with Crippen molar-refractivity contribution in [2.75, 3.05) is 19.1 Å². The summed E-state index contributed by atoms with van der Waals surface area (Å²) < 4.78 is 4.75. The number of hydrogen-bond donors (Lipinski definition) is 0. The molecule has 0 saturated heterocycles. The molecule has 1 aromatic rings. The zero-order valence-corrected chi connectivity index (χ0v) is 9.41. The third-order valence-electron chi connectivity index (χ3n) is 2.78. The number of hydrogen-bond acceptors (Lipinski definition) is 3. The van der Waals surface area contributed by atoms with Crippen molar-refractivity contribution in [2.24, 2.45) is 0 Å². The summed E-state index contributed by atoms with van der Waals surface area (Å²) >= 11 is 6.08. The van der Waals surface area contributed by atoms with Crippen LogP contribution in [0, 0.1) is 0 Å². The summed E-state index contributed by atoms with van der Waals surface area (Å²) in [6.45, 7) is 0. The SMILES string of the molecule is COC(=O)C1Cc2cccc(Cl)c2N1C. The van der Waals surface area contributed by atoms with Crippen molar-refractivity contribution in [2.45, 2.75) is 12.5 Å². The molecule has 15 heavy (non-hydrogen) atoms. The molecule has 0 saturated carbocycles. The highest BCUT2D eigenvalue weighted by Gasteiger charge is 2.33. The molecule has 3 nitrogen and oxygen atoms in total. The number of para-hydroxylation sites is 1. The lowest BCUT2D eigenvalue weighted by atomic mass is 10.1. The van der Waals surface area contributed by atoms with Gasteiger partial charge in [-0.2, -0.15) is 0 Å². The fourth-order valence-electron chi connectivity index (χ4n) is 2.00. The zero-order valence-electron chi connectivity index (χ0n) is 8.66. The van der Waals surface area contributed by atoms with Crippen LogP contribution in [0.3, 0.4) is 0 Å². The van der Waals surface area contributed by atoms with Crippen LogP contribution in [-0.2, 0) is 16.0 Å². The molecule has 1 aliphatic heterocycles. The van der Waals surface area contributed by atoms with E-state index >= 15 is 0 Å². The first-order valence-electron chi connectivity index (χ1n) is 4.73. The van der Waals surface area contributed by atoms with Gasteiger partial charge < -0.3 is 9.64 Å². The van der Waals surface area contributed by atoms with Gasteiger partial charge in [-0.1, -0.05) is 23.7 Å². The van der Waals surface area contributed by atoms with Gasteiger partial charge in [-0.25, -0.2) is 4.79 Å². The van der Waals surface area contributed by atoms with Crippen molar-refractivity contribution in [3.63, 3.8) is 0 Å². The summed E-state index contributed by atoms with van der Waals surface area (Å²) in [4.78, 5) is 13.4. The van der Waals surface area contributed by atoms with Gasteiger partial charge in [-0.15, -0.1) is 0 Å². The fraction of sp³-hybridized carbons (Fsp3) is 0.364. The van der Waals surface area contributed by atoms with E-state index in [-0.39, 0.29) is 12.0 Å². The first-order valence-corrected chi connectivity index (χ1v) is 5.11. The molecule has 4 heteroatoms. The van der Waals surface area contributed by atoms with Gasteiger partial charge in [-0.3, -0.25) is 0 Å². The van der Waals surface area contributed by atoms with Crippen LogP contribution in [0.2, 0.25) is 5.02 Å². The Morgan fingerprint density at radius 2 is 2.33 bits per heavy atom. The van der Waals surface area contributed by atoms with Crippen molar-refractivity contribution in [3.8, 4) is 0 Å². The minimum atomic E-state index is -0.245. The Morgan fingerprint density at radius 1 is 1.60 bits per heavy atom. The number of likely N-dealkylation sites (N-methyl/N-ethyl adjacent to an activating group) is 1. The maximum atomic E-state index is 11.5. The van der Waals surface area contributed by atoms with Crippen LogP contribution in [0.1, 0.15) is 5.56 Å². The summed E-state index contributed by atoms with van der Waals surface area (Å²) in [7, 11) is 3.26. The Labute approximate surface area is 93.6 Å². The summed E-state index contributed by atoms with van der Waals surface area (Å²) in [6.07, 6.45) is 0.666. The molecule has 2 rings (SSSR count). The maximum Gasteiger partial charge on any atom is 0.328 e. The number of carbonyl (C=O) groups excluding carboxylic acids is 1. The largest absolute Gasteiger partial charge is 0.467 e. The molecule has 0 bridgehead atoms. The summed E-state index contributed by atoms with van der Waals surface area (Å²) in [5.41, 5.74) is 2.04. The van der Waals surface area contributed by atoms with Gasteiger partial charge in [0.2, 0.25) is 0 Å². The second kappa shape index (κ2) is 3.74. The van der Waals surface area contributed by atoms with E-state index < -0.39 is 0 Å². The summed E-state index contributed by atoms with van der Waals surface area (Å²) in [5, 5.41) is 0.682. The number of methoxy groups -OCH3 is 1. The van der Waals surface area contributed by atoms with Crippen molar-refractivity contribution >= 4 is 23.3 Å². The molecule has 0 aromatic heterocycles. The van der Waals surface area contributed by atoms with Crippen LogP contribution in [-0.4, -0.2) is 26.2 Å². The third-order valence-corrected chi connectivity index (χ3v) is 3.08. The van der Waals surface area contributed by atoms with Crippen LogP contribution in [0.25, 0.3) is 0 Å². The lowest BCUT2D eigenvalue weighted by molar-refractivity contribution is -0.141.